The van der Waals surface area contributed by atoms with E-state index in [0.29, 0.717) is 23.4 Å². The van der Waals surface area contributed by atoms with E-state index in [2.05, 4.69) is 31.4 Å². The fourth-order valence-electron chi connectivity index (χ4n) is 1.99. The largest absolute Gasteiger partial charge is 0.381 e. The molecule has 0 saturated carbocycles. The summed E-state index contributed by atoms with van der Waals surface area (Å²) < 4.78 is 0. The second-order valence-electron chi connectivity index (χ2n) is 5.27. The van der Waals surface area contributed by atoms with Crippen LogP contribution in [0.15, 0.2) is 18.2 Å². The van der Waals surface area contributed by atoms with Gasteiger partial charge in [-0.3, -0.25) is 4.79 Å². The van der Waals surface area contributed by atoms with Crippen molar-refractivity contribution in [2.75, 3.05) is 10.6 Å². The number of hydrogen-bond acceptors (Lipinski definition) is 2. The van der Waals surface area contributed by atoms with E-state index in [9.17, 15) is 4.79 Å². The minimum Gasteiger partial charge on any atom is -0.381 e. The molecule has 4 heteroatoms. The predicted octanol–water partition coefficient (Wildman–Crippen LogP) is 4.54. The van der Waals surface area contributed by atoms with Gasteiger partial charge in [0.1, 0.15) is 0 Å². The molecular formula is C15H23ClN2O. The molecule has 0 aliphatic rings. The van der Waals surface area contributed by atoms with Crippen molar-refractivity contribution in [2.24, 2.45) is 5.92 Å². The van der Waals surface area contributed by atoms with Crippen LogP contribution in [0.25, 0.3) is 0 Å². The molecule has 0 radical (unpaired) electrons. The normalized spacial score (nSPS) is 12.3. The zero-order valence-electron chi connectivity index (χ0n) is 12.1. The van der Waals surface area contributed by atoms with Crippen molar-refractivity contribution in [3.8, 4) is 0 Å². The molecule has 0 aliphatic heterocycles. The molecule has 1 aromatic rings. The second-order valence-corrected chi connectivity index (χ2v) is 5.68. The average Bonchev–Trinajstić information content (AvgIpc) is 2.32. The number of rotatable bonds is 6. The van der Waals surface area contributed by atoms with Crippen LogP contribution >= 0.6 is 11.6 Å². The standard InChI is InChI=1S/C15H23ClN2O/c1-5-15(19)18-12-6-7-13(16)14(9-12)17-11(4)8-10(2)3/h6-7,9-11,17H,5,8H2,1-4H3,(H,18,19). The molecule has 0 spiro atoms. The van der Waals surface area contributed by atoms with Crippen molar-refractivity contribution in [3.63, 3.8) is 0 Å². The second kappa shape index (κ2) is 7.39. The number of hydrogen-bond donors (Lipinski definition) is 2. The molecule has 106 valence electrons. The summed E-state index contributed by atoms with van der Waals surface area (Å²) in [4.78, 5) is 11.4. The number of carbonyl (C=O) groups is 1. The molecule has 1 unspecified atom stereocenters. The van der Waals surface area contributed by atoms with E-state index in [4.69, 9.17) is 11.6 Å². The van der Waals surface area contributed by atoms with E-state index < -0.39 is 0 Å². The van der Waals surface area contributed by atoms with E-state index in [1.54, 1.807) is 6.07 Å². The van der Waals surface area contributed by atoms with Crippen LogP contribution in [-0.4, -0.2) is 11.9 Å². The van der Waals surface area contributed by atoms with Crippen molar-refractivity contribution < 1.29 is 4.79 Å². The van der Waals surface area contributed by atoms with Crippen LogP contribution in [0, 0.1) is 5.92 Å². The Labute approximate surface area is 120 Å². The van der Waals surface area contributed by atoms with Crippen LogP contribution in [0.3, 0.4) is 0 Å². The Kier molecular flexibility index (Phi) is 6.16. The summed E-state index contributed by atoms with van der Waals surface area (Å²) in [5.41, 5.74) is 1.64. The zero-order valence-corrected chi connectivity index (χ0v) is 12.8. The molecule has 3 nitrogen and oxygen atoms in total. The summed E-state index contributed by atoms with van der Waals surface area (Å²) in [6, 6.07) is 5.84. The maximum atomic E-state index is 11.4. The van der Waals surface area contributed by atoms with E-state index >= 15 is 0 Å². The van der Waals surface area contributed by atoms with Gasteiger partial charge in [0, 0.05) is 18.2 Å². The molecule has 0 saturated heterocycles. The van der Waals surface area contributed by atoms with Gasteiger partial charge < -0.3 is 10.6 Å². The molecule has 0 heterocycles. The Morgan fingerprint density at radius 1 is 1.32 bits per heavy atom. The van der Waals surface area contributed by atoms with E-state index in [-0.39, 0.29) is 5.91 Å². The van der Waals surface area contributed by atoms with Crippen molar-refractivity contribution in [1.82, 2.24) is 0 Å². The fraction of sp³-hybridized carbons (Fsp3) is 0.533. The first-order valence-electron chi connectivity index (χ1n) is 6.78. The van der Waals surface area contributed by atoms with Crippen LogP contribution in [-0.2, 0) is 4.79 Å². The Balaban J connectivity index is 2.76. The summed E-state index contributed by atoms with van der Waals surface area (Å²) >= 11 is 6.17. The van der Waals surface area contributed by atoms with Gasteiger partial charge in [0.2, 0.25) is 5.91 Å². The van der Waals surface area contributed by atoms with Gasteiger partial charge in [-0.2, -0.15) is 0 Å². The lowest BCUT2D eigenvalue weighted by Gasteiger charge is -2.19. The highest BCUT2D eigenvalue weighted by atomic mass is 35.5. The first kappa shape index (κ1) is 15.8. The van der Waals surface area contributed by atoms with E-state index in [0.717, 1.165) is 17.8 Å². The molecule has 19 heavy (non-hydrogen) atoms. The number of carbonyl (C=O) groups excluding carboxylic acids is 1. The van der Waals surface area contributed by atoms with Crippen molar-refractivity contribution in [1.29, 1.82) is 0 Å². The van der Waals surface area contributed by atoms with Crippen LogP contribution in [0.4, 0.5) is 11.4 Å². The molecule has 1 atom stereocenters. The Bertz CT molecular complexity index is 432. The highest BCUT2D eigenvalue weighted by Gasteiger charge is 2.09. The Morgan fingerprint density at radius 2 is 2.00 bits per heavy atom. The third-order valence-corrected chi connectivity index (χ3v) is 3.13. The van der Waals surface area contributed by atoms with Crippen LogP contribution in [0.2, 0.25) is 5.02 Å². The molecule has 0 fully saturated rings. The van der Waals surface area contributed by atoms with Gasteiger partial charge >= 0.3 is 0 Å². The van der Waals surface area contributed by atoms with E-state index in [1.165, 1.54) is 0 Å². The summed E-state index contributed by atoms with van der Waals surface area (Å²) in [5.74, 6) is 0.632. The molecule has 2 N–H and O–H groups in total. The third kappa shape index (κ3) is 5.52. The summed E-state index contributed by atoms with van der Waals surface area (Å²) in [5, 5.41) is 6.90. The smallest absolute Gasteiger partial charge is 0.224 e. The van der Waals surface area contributed by atoms with Gasteiger partial charge in [-0.25, -0.2) is 0 Å². The SMILES string of the molecule is CCC(=O)Nc1ccc(Cl)c(NC(C)CC(C)C)c1. The fourth-order valence-corrected chi connectivity index (χ4v) is 2.17. The van der Waals surface area contributed by atoms with Gasteiger partial charge in [-0.05, 0) is 37.5 Å². The summed E-state index contributed by atoms with van der Waals surface area (Å²) in [6.07, 6.45) is 1.54. The lowest BCUT2D eigenvalue weighted by Crippen LogP contribution is -2.18. The number of amides is 1. The third-order valence-electron chi connectivity index (χ3n) is 2.80. The number of halogens is 1. The maximum Gasteiger partial charge on any atom is 0.224 e. The first-order chi connectivity index (χ1) is 8.92. The Hall–Kier alpha value is -1.22. The van der Waals surface area contributed by atoms with Gasteiger partial charge in [0.25, 0.3) is 0 Å². The van der Waals surface area contributed by atoms with Crippen LogP contribution in [0.1, 0.15) is 40.5 Å². The summed E-state index contributed by atoms with van der Waals surface area (Å²) in [7, 11) is 0. The predicted molar refractivity (Wildman–Crippen MR) is 82.9 cm³/mol. The molecule has 1 amide bonds. The monoisotopic (exact) mass is 282 g/mol. The van der Waals surface area contributed by atoms with Crippen LogP contribution < -0.4 is 10.6 Å². The number of nitrogens with one attached hydrogen (secondary N) is 2. The minimum absolute atomic E-state index is 0.00324. The van der Waals surface area contributed by atoms with Gasteiger partial charge in [-0.1, -0.05) is 32.4 Å². The topological polar surface area (TPSA) is 41.1 Å². The lowest BCUT2D eigenvalue weighted by molar-refractivity contribution is -0.115. The van der Waals surface area contributed by atoms with Crippen LogP contribution in [0.5, 0.6) is 0 Å². The van der Waals surface area contributed by atoms with Crippen molar-refractivity contribution >= 4 is 28.9 Å². The molecule has 0 aliphatic carbocycles. The molecule has 0 aromatic heterocycles. The molecule has 1 rings (SSSR count). The highest BCUT2D eigenvalue weighted by Crippen LogP contribution is 2.27. The van der Waals surface area contributed by atoms with Gasteiger partial charge in [-0.15, -0.1) is 0 Å². The molecular weight excluding hydrogens is 260 g/mol. The van der Waals surface area contributed by atoms with Gasteiger partial charge in [0.05, 0.1) is 10.7 Å². The van der Waals surface area contributed by atoms with Crippen molar-refractivity contribution in [3.05, 3.63) is 23.2 Å². The molecule has 1 aromatic carbocycles. The first-order valence-corrected chi connectivity index (χ1v) is 7.16. The average molecular weight is 283 g/mol. The number of benzene rings is 1. The van der Waals surface area contributed by atoms with E-state index in [1.807, 2.05) is 19.1 Å². The van der Waals surface area contributed by atoms with Crippen molar-refractivity contribution in [2.45, 2.75) is 46.6 Å². The molecule has 0 bridgehead atoms. The highest BCUT2D eigenvalue weighted by molar-refractivity contribution is 6.33. The number of anilines is 2. The van der Waals surface area contributed by atoms with Gasteiger partial charge in [0.15, 0.2) is 0 Å². The lowest BCUT2D eigenvalue weighted by atomic mass is 10.1. The zero-order chi connectivity index (χ0) is 14.4. The Morgan fingerprint density at radius 3 is 2.58 bits per heavy atom. The maximum absolute atomic E-state index is 11.4. The quantitative estimate of drug-likeness (QED) is 0.804. The minimum atomic E-state index is 0.00324. The summed E-state index contributed by atoms with van der Waals surface area (Å²) in [6.45, 7) is 8.35.